The van der Waals surface area contributed by atoms with Crippen molar-refractivity contribution in [3.63, 3.8) is 0 Å². The monoisotopic (exact) mass is 341 g/mol. The summed E-state index contributed by atoms with van der Waals surface area (Å²) >= 11 is 2.96. The molecule has 1 aromatic rings. The minimum absolute atomic E-state index is 0.308. The summed E-state index contributed by atoms with van der Waals surface area (Å²) in [5.74, 6) is -3.10. The number of benzene rings is 1. The molecule has 0 saturated heterocycles. The number of ether oxygens (including phenoxy) is 2. The molecular weight excluding hydrogens is 335 g/mol. The number of halogens is 4. The fourth-order valence-corrected chi connectivity index (χ4v) is 1.41. The summed E-state index contributed by atoms with van der Waals surface area (Å²) in [4.78, 5) is 22.1. The van der Waals surface area contributed by atoms with Gasteiger partial charge in [0, 0.05) is 4.47 Å². The Bertz CT molecular complexity index is 504. The average molecular weight is 342 g/mol. The standard InChI is InChI=1S/C10H7BrF3NO4/c1-18-9(17)8(16)15-6-3-2-5(11)4-7(6)19-10(12,13)14/h2-4H,1H3,(H,15,16). The molecule has 0 aromatic heterocycles. The molecule has 1 amide bonds. The second-order valence-corrected chi connectivity index (χ2v) is 4.05. The number of anilines is 1. The van der Waals surface area contributed by atoms with Crippen molar-refractivity contribution >= 4 is 33.5 Å². The van der Waals surface area contributed by atoms with Gasteiger partial charge in [-0.15, -0.1) is 13.2 Å². The van der Waals surface area contributed by atoms with Crippen LogP contribution < -0.4 is 10.1 Å². The Morgan fingerprint density at radius 3 is 2.47 bits per heavy atom. The van der Waals surface area contributed by atoms with Crippen LogP contribution in [0.15, 0.2) is 22.7 Å². The van der Waals surface area contributed by atoms with Crippen molar-refractivity contribution in [2.24, 2.45) is 0 Å². The summed E-state index contributed by atoms with van der Waals surface area (Å²) in [7, 11) is 0.969. The van der Waals surface area contributed by atoms with Crippen molar-refractivity contribution < 1.29 is 32.2 Å². The van der Waals surface area contributed by atoms with E-state index in [1.165, 1.54) is 6.07 Å². The number of hydrogen-bond donors (Lipinski definition) is 1. The van der Waals surface area contributed by atoms with Gasteiger partial charge in [0.15, 0.2) is 5.75 Å². The number of rotatable bonds is 2. The minimum Gasteiger partial charge on any atom is -0.462 e. The lowest BCUT2D eigenvalue weighted by Gasteiger charge is -2.13. The van der Waals surface area contributed by atoms with Crippen LogP contribution in [0.1, 0.15) is 0 Å². The highest BCUT2D eigenvalue weighted by Gasteiger charge is 2.32. The van der Waals surface area contributed by atoms with Crippen LogP contribution in [0, 0.1) is 0 Å². The molecule has 19 heavy (non-hydrogen) atoms. The molecule has 0 aliphatic heterocycles. The zero-order chi connectivity index (χ0) is 14.6. The predicted molar refractivity (Wildman–Crippen MR) is 61.5 cm³/mol. The molecule has 0 spiro atoms. The average Bonchev–Trinajstić information content (AvgIpc) is 2.29. The van der Waals surface area contributed by atoms with E-state index >= 15 is 0 Å². The topological polar surface area (TPSA) is 64.6 Å². The molecule has 0 aliphatic carbocycles. The zero-order valence-electron chi connectivity index (χ0n) is 9.38. The number of hydrogen-bond acceptors (Lipinski definition) is 4. The van der Waals surface area contributed by atoms with E-state index in [1.807, 2.05) is 5.32 Å². The van der Waals surface area contributed by atoms with Gasteiger partial charge in [-0.3, -0.25) is 4.79 Å². The largest absolute Gasteiger partial charge is 0.573 e. The van der Waals surface area contributed by atoms with Gasteiger partial charge in [0.2, 0.25) is 0 Å². The Balaban J connectivity index is 3.00. The predicted octanol–water partition coefficient (Wildman–Crippen LogP) is 2.46. The van der Waals surface area contributed by atoms with Crippen LogP contribution in [0.3, 0.4) is 0 Å². The van der Waals surface area contributed by atoms with Crippen LogP contribution in [0.2, 0.25) is 0 Å². The van der Waals surface area contributed by atoms with Crippen molar-refractivity contribution in [2.45, 2.75) is 6.36 Å². The molecule has 0 aliphatic rings. The Hall–Kier alpha value is -1.77. The number of carbonyl (C=O) groups is 2. The smallest absolute Gasteiger partial charge is 0.462 e. The first-order valence-corrected chi connectivity index (χ1v) is 5.47. The van der Waals surface area contributed by atoms with Gasteiger partial charge in [-0.2, -0.15) is 0 Å². The molecular formula is C10H7BrF3NO4. The van der Waals surface area contributed by atoms with Crippen LogP contribution in [0.25, 0.3) is 0 Å². The Morgan fingerprint density at radius 2 is 1.95 bits per heavy atom. The molecule has 0 bridgehead atoms. The molecule has 5 nitrogen and oxygen atoms in total. The first kappa shape index (κ1) is 15.3. The zero-order valence-corrected chi connectivity index (χ0v) is 11.0. The van der Waals surface area contributed by atoms with E-state index in [1.54, 1.807) is 0 Å². The quantitative estimate of drug-likeness (QED) is 0.663. The Labute approximate surface area is 113 Å². The Kier molecular flexibility index (Phi) is 4.76. The van der Waals surface area contributed by atoms with Gasteiger partial charge < -0.3 is 14.8 Å². The van der Waals surface area contributed by atoms with E-state index in [0.29, 0.717) is 4.47 Å². The van der Waals surface area contributed by atoms with Crippen LogP contribution in [0.4, 0.5) is 18.9 Å². The lowest BCUT2D eigenvalue weighted by molar-refractivity contribution is -0.274. The van der Waals surface area contributed by atoms with E-state index in [9.17, 15) is 22.8 Å². The molecule has 0 atom stereocenters. The summed E-state index contributed by atoms with van der Waals surface area (Å²) in [5, 5.41) is 1.95. The van der Waals surface area contributed by atoms with Gasteiger partial charge in [0.05, 0.1) is 12.8 Å². The second-order valence-electron chi connectivity index (χ2n) is 3.13. The van der Waals surface area contributed by atoms with Gasteiger partial charge in [0.25, 0.3) is 0 Å². The molecule has 0 fully saturated rings. The van der Waals surface area contributed by atoms with Crippen molar-refractivity contribution in [3.8, 4) is 5.75 Å². The number of carbonyl (C=O) groups excluding carboxylic acids is 2. The maximum absolute atomic E-state index is 12.2. The van der Waals surface area contributed by atoms with Gasteiger partial charge >= 0.3 is 18.2 Å². The first-order valence-electron chi connectivity index (χ1n) is 4.67. The van der Waals surface area contributed by atoms with Gasteiger partial charge in [0.1, 0.15) is 0 Å². The van der Waals surface area contributed by atoms with Crippen LogP contribution >= 0.6 is 15.9 Å². The maximum Gasteiger partial charge on any atom is 0.573 e. The third kappa shape index (κ3) is 4.78. The normalized spacial score (nSPS) is 10.8. The minimum atomic E-state index is -4.93. The SMILES string of the molecule is COC(=O)C(=O)Nc1ccc(Br)cc1OC(F)(F)F. The lowest BCUT2D eigenvalue weighted by Crippen LogP contribution is -2.25. The second kappa shape index (κ2) is 5.91. The van der Waals surface area contributed by atoms with Gasteiger partial charge in [-0.05, 0) is 18.2 Å². The van der Waals surface area contributed by atoms with Crippen LogP contribution in [-0.4, -0.2) is 25.3 Å². The molecule has 1 N–H and O–H groups in total. The summed E-state index contributed by atoms with van der Waals surface area (Å²) in [6, 6.07) is 3.52. The van der Waals surface area contributed by atoms with E-state index in [-0.39, 0.29) is 5.69 Å². The van der Waals surface area contributed by atoms with Crippen molar-refractivity contribution in [1.82, 2.24) is 0 Å². The van der Waals surface area contributed by atoms with Crippen molar-refractivity contribution in [3.05, 3.63) is 22.7 Å². The van der Waals surface area contributed by atoms with Crippen molar-refractivity contribution in [2.75, 3.05) is 12.4 Å². The number of amides is 1. The number of nitrogens with one attached hydrogen (secondary N) is 1. The van der Waals surface area contributed by atoms with E-state index < -0.39 is 24.0 Å². The molecule has 0 saturated carbocycles. The summed E-state index contributed by atoms with van der Waals surface area (Å²) in [6.45, 7) is 0. The van der Waals surface area contributed by atoms with Crippen LogP contribution in [0.5, 0.6) is 5.75 Å². The van der Waals surface area contributed by atoms with Crippen molar-refractivity contribution in [1.29, 1.82) is 0 Å². The molecule has 1 aromatic carbocycles. The van der Waals surface area contributed by atoms with E-state index in [4.69, 9.17) is 0 Å². The molecule has 1 rings (SSSR count). The summed E-state index contributed by atoms with van der Waals surface area (Å²) in [6.07, 6.45) is -4.93. The van der Waals surface area contributed by atoms with E-state index in [2.05, 4.69) is 25.4 Å². The highest BCUT2D eigenvalue weighted by atomic mass is 79.9. The third-order valence-corrected chi connectivity index (χ3v) is 2.28. The maximum atomic E-state index is 12.2. The molecule has 9 heteroatoms. The van der Waals surface area contributed by atoms with Gasteiger partial charge in [-0.1, -0.05) is 15.9 Å². The molecule has 0 radical (unpaired) electrons. The van der Waals surface area contributed by atoms with Crippen LogP contribution in [-0.2, 0) is 14.3 Å². The first-order chi connectivity index (χ1) is 8.73. The number of esters is 1. The summed E-state index contributed by atoms with van der Waals surface area (Å²) < 4.78 is 44.7. The summed E-state index contributed by atoms with van der Waals surface area (Å²) in [5.41, 5.74) is -0.309. The number of alkyl halides is 3. The van der Waals surface area contributed by atoms with E-state index in [0.717, 1.165) is 19.2 Å². The Morgan fingerprint density at radius 1 is 1.32 bits per heavy atom. The highest BCUT2D eigenvalue weighted by Crippen LogP contribution is 2.32. The fourth-order valence-electron chi connectivity index (χ4n) is 1.07. The third-order valence-electron chi connectivity index (χ3n) is 1.79. The highest BCUT2D eigenvalue weighted by molar-refractivity contribution is 9.10. The van der Waals surface area contributed by atoms with Gasteiger partial charge in [-0.25, -0.2) is 4.79 Å². The molecule has 104 valence electrons. The molecule has 0 heterocycles. The molecule has 0 unspecified atom stereocenters. The fraction of sp³-hybridized carbons (Fsp3) is 0.200. The number of methoxy groups -OCH3 is 1. The lowest BCUT2D eigenvalue weighted by atomic mass is 10.3.